The monoisotopic (exact) mass is 711 g/mol. The number of para-hydroxylation sites is 3. The number of amides is 3. The van der Waals surface area contributed by atoms with Gasteiger partial charge in [0.25, 0.3) is 0 Å². The lowest BCUT2D eigenvalue weighted by molar-refractivity contribution is -0.132. The number of oxazole rings is 1. The number of nitrogens with one attached hydrogen (secondary N) is 2. The maximum absolute atomic E-state index is 14.1. The molecule has 51 heavy (non-hydrogen) atoms. The zero-order chi connectivity index (χ0) is 36.4. The van der Waals surface area contributed by atoms with Crippen molar-refractivity contribution in [1.82, 2.24) is 20.5 Å². The van der Waals surface area contributed by atoms with E-state index in [1.165, 1.54) is 11.8 Å². The highest BCUT2D eigenvalue weighted by atomic mass is 32.2. The fourth-order valence-electron chi connectivity index (χ4n) is 5.90. The molecule has 1 aliphatic heterocycles. The first kappa shape index (κ1) is 37.4. The molecule has 3 N–H and O–H groups in total. The third-order valence-corrected chi connectivity index (χ3v) is 9.75. The number of ether oxygens (including phenoxy) is 1. The van der Waals surface area contributed by atoms with Crippen molar-refractivity contribution in [3.8, 4) is 0 Å². The van der Waals surface area contributed by atoms with E-state index in [9.17, 15) is 19.5 Å². The van der Waals surface area contributed by atoms with Crippen LogP contribution in [0.5, 0.6) is 0 Å². The third kappa shape index (κ3) is 10.6. The van der Waals surface area contributed by atoms with Gasteiger partial charge >= 0.3 is 6.09 Å². The zero-order valence-corrected chi connectivity index (χ0v) is 30.0. The van der Waals surface area contributed by atoms with E-state index in [4.69, 9.17) is 15.7 Å². The Kier molecular flexibility index (Phi) is 12.7. The lowest BCUT2D eigenvalue weighted by atomic mass is 9.95. The van der Waals surface area contributed by atoms with Gasteiger partial charge in [0.05, 0.1) is 12.6 Å². The predicted molar refractivity (Wildman–Crippen MR) is 197 cm³/mol. The molecule has 1 unspecified atom stereocenters. The lowest BCUT2D eigenvalue weighted by Gasteiger charge is -2.33. The first-order chi connectivity index (χ1) is 24.5. The molecular formula is C39H45N5O6S. The van der Waals surface area contributed by atoms with Crippen LogP contribution < -0.4 is 10.6 Å². The molecule has 3 aromatic carbocycles. The molecular weight excluding hydrogens is 667 g/mol. The van der Waals surface area contributed by atoms with Gasteiger partial charge in [-0.2, -0.15) is 11.8 Å². The number of nitrogens with zero attached hydrogens (tertiary/aromatic N) is 3. The van der Waals surface area contributed by atoms with Gasteiger partial charge in [0.2, 0.25) is 17.7 Å². The van der Waals surface area contributed by atoms with Crippen molar-refractivity contribution >= 4 is 46.5 Å². The lowest BCUT2D eigenvalue weighted by Crippen LogP contribution is -2.54. The fraction of sp³-hybridized carbons (Fsp3) is 0.410. The maximum Gasteiger partial charge on any atom is 0.410 e. The van der Waals surface area contributed by atoms with Gasteiger partial charge in [-0.15, -0.1) is 0 Å². The van der Waals surface area contributed by atoms with Gasteiger partial charge in [0.1, 0.15) is 17.2 Å². The van der Waals surface area contributed by atoms with Crippen LogP contribution >= 0.6 is 11.8 Å². The summed E-state index contributed by atoms with van der Waals surface area (Å²) in [6, 6.07) is 22.6. The van der Waals surface area contributed by atoms with Crippen molar-refractivity contribution < 1.29 is 28.6 Å². The quantitative estimate of drug-likeness (QED) is 0.132. The van der Waals surface area contributed by atoms with E-state index in [1.54, 1.807) is 23.1 Å². The summed E-state index contributed by atoms with van der Waals surface area (Å²) >= 11 is 1.43. The molecule has 2 heterocycles. The van der Waals surface area contributed by atoms with Gasteiger partial charge in [-0.1, -0.05) is 66.7 Å². The van der Waals surface area contributed by atoms with Crippen molar-refractivity contribution in [2.45, 2.75) is 76.0 Å². The number of thioether (sulfide) groups is 1. The van der Waals surface area contributed by atoms with Crippen LogP contribution in [0.25, 0.3) is 15.9 Å². The largest absolute Gasteiger partial charge is 0.444 e. The molecule has 268 valence electrons. The second kappa shape index (κ2) is 17.4. The van der Waals surface area contributed by atoms with E-state index in [-0.39, 0.29) is 17.6 Å². The van der Waals surface area contributed by atoms with Gasteiger partial charge in [0, 0.05) is 30.5 Å². The van der Waals surface area contributed by atoms with Crippen molar-refractivity contribution in [3.05, 3.63) is 107 Å². The normalized spacial score (nSPS) is 15.4. The number of hydrogen-bond donors (Lipinski definition) is 3. The molecule has 1 aromatic heterocycles. The predicted octanol–water partition coefficient (Wildman–Crippen LogP) is 6.59. The molecule has 3 atom stereocenters. The molecule has 0 aliphatic carbocycles. The minimum atomic E-state index is -1.25. The van der Waals surface area contributed by atoms with Crippen LogP contribution in [-0.2, 0) is 26.5 Å². The Balaban J connectivity index is 1.31. The molecule has 1 aliphatic rings. The Hall–Kier alpha value is -4.86. The molecule has 0 spiro atoms. The van der Waals surface area contributed by atoms with Crippen molar-refractivity contribution in [1.29, 1.82) is 0 Å². The van der Waals surface area contributed by atoms with Crippen LogP contribution in [0, 0.1) is 12.5 Å². The average molecular weight is 712 g/mol. The highest BCUT2D eigenvalue weighted by Crippen LogP contribution is 2.27. The minimum absolute atomic E-state index is 0.0945. The van der Waals surface area contributed by atoms with E-state index in [0.29, 0.717) is 61.3 Å². The number of carbonyl (C=O) groups excluding carboxylic acids is 3. The first-order valence-corrected chi connectivity index (χ1v) is 18.4. The van der Waals surface area contributed by atoms with Gasteiger partial charge in [-0.25, -0.2) is 14.6 Å². The average Bonchev–Trinajstić information content (AvgIpc) is 3.57. The topological polar surface area (TPSA) is 138 Å². The molecule has 12 heteroatoms. The fourth-order valence-corrected chi connectivity index (χ4v) is 6.95. The van der Waals surface area contributed by atoms with Crippen LogP contribution in [0.1, 0.15) is 63.2 Å². The SMILES string of the molecule is [C-]#[N+]c1ccccc1CSC[C@H](NC(=O)C1CCN(C(=O)OC(C)(C)C)CC1)C(=O)N[C@@H](CCc1ccccc1)C(O)c1nc2ccccc2o1. The number of hydrogen-bond acceptors (Lipinski definition) is 8. The Morgan fingerprint density at radius 1 is 1.02 bits per heavy atom. The number of piperidine rings is 1. The molecule has 1 saturated heterocycles. The molecule has 3 amide bonds. The van der Waals surface area contributed by atoms with E-state index >= 15 is 0 Å². The summed E-state index contributed by atoms with van der Waals surface area (Å²) in [7, 11) is 0. The van der Waals surface area contributed by atoms with Crippen molar-refractivity contribution in [2.75, 3.05) is 18.8 Å². The molecule has 0 radical (unpaired) electrons. The van der Waals surface area contributed by atoms with Crippen molar-refractivity contribution in [3.63, 3.8) is 0 Å². The molecule has 5 rings (SSSR count). The number of aliphatic hydroxyl groups is 1. The summed E-state index contributed by atoms with van der Waals surface area (Å²) < 4.78 is 11.4. The third-order valence-electron chi connectivity index (χ3n) is 8.66. The van der Waals surface area contributed by atoms with Crippen LogP contribution in [0.3, 0.4) is 0 Å². The maximum atomic E-state index is 14.1. The summed E-state index contributed by atoms with van der Waals surface area (Å²) in [4.78, 5) is 50.1. The molecule has 1 fully saturated rings. The molecule has 0 saturated carbocycles. The summed E-state index contributed by atoms with van der Waals surface area (Å²) in [5.74, 6) is -0.334. The first-order valence-electron chi connectivity index (χ1n) is 17.2. The molecule has 4 aromatic rings. The standard InChI is InChI=1S/C39H45N5O6S/c1-39(2,3)50-38(48)44-22-20-27(21-23-44)35(46)42-32(25-51-24-28-14-8-9-15-29(28)40-4)36(47)41-31(19-18-26-12-6-5-7-13-26)34(45)37-43-30-16-10-11-17-33(30)49-37/h5-17,27,31-32,34,45H,18-25H2,1-3H3,(H,41,47)(H,42,46)/t31-,32-,34?/m0/s1. The smallest absolute Gasteiger partial charge is 0.410 e. The molecule has 11 nitrogen and oxygen atoms in total. The van der Waals surface area contributed by atoms with Crippen LogP contribution in [-0.4, -0.2) is 69.4 Å². The number of benzene rings is 3. The number of likely N-dealkylation sites (tertiary alicyclic amines) is 1. The van der Waals surface area contributed by atoms with E-state index in [1.807, 2.05) is 81.4 Å². The van der Waals surface area contributed by atoms with Gasteiger partial charge in [-0.05, 0) is 69.7 Å². The molecule has 0 bridgehead atoms. The van der Waals surface area contributed by atoms with Gasteiger partial charge in [-0.3, -0.25) is 9.59 Å². The number of aryl methyl sites for hydroxylation is 1. The second-order valence-electron chi connectivity index (χ2n) is 13.7. The Bertz CT molecular complexity index is 1790. The van der Waals surface area contributed by atoms with Crippen LogP contribution in [0.2, 0.25) is 0 Å². The second-order valence-corrected chi connectivity index (χ2v) is 14.7. The van der Waals surface area contributed by atoms with E-state index < -0.39 is 41.7 Å². The summed E-state index contributed by atoms with van der Waals surface area (Å²) in [6.07, 6.45) is 0.150. The van der Waals surface area contributed by atoms with Gasteiger partial charge < -0.3 is 29.8 Å². The number of aromatic nitrogens is 1. The Morgan fingerprint density at radius 3 is 2.41 bits per heavy atom. The van der Waals surface area contributed by atoms with Crippen LogP contribution in [0.4, 0.5) is 10.5 Å². The Morgan fingerprint density at radius 2 is 1.71 bits per heavy atom. The van der Waals surface area contributed by atoms with Gasteiger partial charge in [0.15, 0.2) is 17.4 Å². The number of aliphatic hydroxyl groups excluding tert-OH is 1. The van der Waals surface area contributed by atoms with Crippen LogP contribution in [0.15, 0.2) is 83.3 Å². The van der Waals surface area contributed by atoms with E-state index in [0.717, 1.165) is 11.1 Å². The minimum Gasteiger partial charge on any atom is -0.444 e. The number of rotatable bonds is 13. The number of carbonyl (C=O) groups is 3. The summed E-state index contributed by atoms with van der Waals surface area (Å²) in [5, 5.41) is 17.6. The zero-order valence-electron chi connectivity index (χ0n) is 29.2. The number of fused-ring (bicyclic) bond motifs is 1. The Labute approximate surface area is 303 Å². The highest BCUT2D eigenvalue weighted by Gasteiger charge is 2.34. The summed E-state index contributed by atoms with van der Waals surface area (Å²) in [5.41, 5.74) is 2.92. The summed E-state index contributed by atoms with van der Waals surface area (Å²) in [6.45, 7) is 13.7. The van der Waals surface area contributed by atoms with E-state index in [2.05, 4.69) is 20.5 Å². The van der Waals surface area contributed by atoms with Crippen molar-refractivity contribution in [2.24, 2.45) is 5.92 Å². The highest BCUT2D eigenvalue weighted by molar-refractivity contribution is 7.98.